The Kier molecular flexibility index (Phi) is 5.81. The highest BCUT2D eigenvalue weighted by Crippen LogP contribution is 2.16. The van der Waals surface area contributed by atoms with Gasteiger partial charge in [-0.05, 0) is 42.3 Å². The topological polar surface area (TPSA) is 61.4 Å². The van der Waals surface area contributed by atoms with Crippen molar-refractivity contribution in [2.75, 3.05) is 6.54 Å². The number of amides is 2. The molecule has 0 bridgehead atoms. The van der Waals surface area contributed by atoms with Crippen LogP contribution in [0.25, 0.3) is 0 Å². The molecule has 0 aliphatic rings. The monoisotopic (exact) mass is 338 g/mol. The average molecular weight is 338 g/mol. The lowest BCUT2D eigenvalue weighted by Crippen LogP contribution is -2.39. The highest BCUT2D eigenvalue weighted by Gasteiger charge is 2.14. The van der Waals surface area contributed by atoms with E-state index in [0.29, 0.717) is 11.1 Å². The third-order valence-electron chi connectivity index (χ3n) is 3.48. The van der Waals surface area contributed by atoms with Gasteiger partial charge in [-0.15, -0.1) is 0 Å². The fraction of sp³-hybridized carbons (Fsp3) is 0.235. The lowest BCUT2D eigenvalue weighted by atomic mass is 10.1. The molecule has 0 unspecified atom stereocenters. The van der Waals surface area contributed by atoms with Crippen molar-refractivity contribution >= 4 is 6.03 Å². The van der Waals surface area contributed by atoms with Gasteiger partial charge in [0.05, 0.1) is 12.1 Å². The molecule has 7 heteroatoms. The molecule has 2 rings (SSSR count). The van der Waals surface area contributed by atoms with Gasteiger partial charge in [0.2, 0.25) is 0 Å². The van der Waals surface area contributed by atoms with Crippen LogP contribution in [0.4, 0.5) is 18.0 Å². The zero-order valence-electron chi connectivity index (χ0n) is 12.9. The Labute approximate surface area is 137 Å². The summed E-state index contributed by atoms with van der Waals surface area (Å²) in [5.74, 6) is -2.44. The molecule has 128 valence electrons. The lowest BCUT2D eigenvalue weighted by molar-refractivity contribution is 0.172. The van der Waals surface area contributed by atoms with Crippen LogP contribution in [0.2, 0.25) is 0 Å². The predicted molar refractivity (Wildman–Crippen MR) is 82.7 cm³/mol. The Bertz CT molecular complexity index is 725. The predicted octanol–water partition coefficient (Wildman–Crippen LogP) is 3.20. The van der Waals surface area contributed by atoms with Crippen LogP contribution in [0.1, 0.15) is 30.2 Å². The number of benzene rings is 2. The summed E-state index contributed by atoms with van der Waals surface area (Å²) in [6.07, 6.45) is -1.06. The molecular formula is C17H17F3N2O2. The second-order valence-corrected chi connectivity index (χ2v) is 5.32. The standard InChI is InChI=1S/C17H17F3N2O2/c1-10(11-5-6-14(19)15(20)8-11)22-17(24)21-9-16(23)12-3-2-4-13(18)7-12/h2-8,10,16,23H,9H2,1H3,(H2,21,22,24)/t10-,16-/m0/s1. The third kappa shape index (κ3) is 4.73. The molecule has 4 nitrogen and oxygen atoms in total. The molecule has 0 aromatic heterocycles. The smallest absolute Gasteiger partial charge is 0.315 e. The Hall–Kier alpha value is -2.54. The van der Waals surface area contributed by atoms with E-state index >= 15 is 0 Å². The van der Waals surface area contributed by atoms with E-state index in [1.807, 2.05) is 0 Å². The number of hydrogen-bond acceptors (Lipinski definition) is 2. The lowest BCUT2D eigenvalue weighted by Gasteiger charge is -2.17. The van der Waals surface area contributed by atoms with Gasteiger partial charge in [0.1, 0.15) is 5.82 Å². The van der Waals surface area contributed by atoms with Gasteiger partial charge in [-0.1, -0.05) is 18.2 Å². The van der Waals surface area contributed by atoms with E-state index in [2.05, 4.69) is 10.6 Å². The van der Waals surface area contributed by atoms with E-state index in [1.54, 1.807) is 6.92 Å². The maximum atomic E-state index is 13.2. The number of halogens is 3. The minimum atomic E-state index is -1.06. The normalized spacial score (nSPS) is 13.2. The zero-order valence-corrected chi connectivity index (χ0v) is 12.9. The number of nitrogens with one attached hydrogen (secondary N) is 2. The van der Waals surface area contributed by atoms with Gasteiger partial charge in [0.25, 0.3) is 0 Å². The van der Waals surface area contributed by atoms with Gasteiger partial charge in [-0.25, -0.2) is 18.0 Å². The van der Waals surface area contributed by atoms with Crippen molar-refractivity contribution in [2.24, 2.45) is 0 Å². The molecule has 0 aliphatic heterocycles. The molecule has 0 aliphatic carbocycles. The van der Waals surface area contributed by atoms with Crippen LogP contribution < -0.4 is 10.6 Å². The SMILES string of the molecule is C[C@H](NC(=O)NC[C@H](O)c1cccc(F)c1)c1ccc(F)c(F)c1. The van der Waals surface area contributed by atoms with Crippen LogP contribution in [0.3, 0.4) is 0 Å². The van der Waals surface area contributed by atoms with E-state index in [-0.39, 0.29) is 6.54 Å². The number of rotatable bonds is 5. The highest BCUT2D eigenvalue weighted by atomic mass is 19.2. The van der Waals surface area contributed by atoms with Crippen LogP contribution >= 0.6 is 0 Å². The molecular weight excluding hydrogens is 321 g/mol. The molecule has 0 saturated heterocycles. The Morgan fingerprint density at radius 1 is 1.08 bits per heavy atom. The van der Waals surface area contributed by atoms with Crippen molar-refractivity contribution in [3.8, 4) is 0 Å². The van der Waals surface area contributed by atoms with Crippen molar-refractivity contribution in [3.63, 3.8) is 0 Å². The molecule has 0 heterocycles. The van der Waals surface area contributed by atoms with Gasteiger partial charge in [-0.3, -0.25) is 0 Å². The van der Waals surface area contributed by atoms with E-state index < -0.39 is 35.6 Å². The van der Waals surface area contributed by atoms with Gasteiger partial charge in [-0.2, -0.15) is 0 Å². The minimum absolute atomic E-state index is 0.125. The number of aliphatic hydroxyl groups excluding tert-OH is 1. The van der Waals surface area contributed by atoms with E-state index in [1.165, 1.54) is 30.3 Å². The molecule has 3 N–H and O–H groups in total. The van der Waals surface area contributed by atoms with Crippen LogP contribution in [0, 0.1) is 17.5 Å². The zero-order chi connectivity index (χ0) is 17.7. The summed E-state index contributed by atoms with van der Waals surface area (Å²) in [5, 5.41) is 14.9. The highest BCUT2D eigenvalue weighted by molar-refractivity contribution is 5.74. The fourth-order valence-electron chi connectivity index (χ4n) is 2.13. The van der Waals surface area contributed by atoms with Crippen LogP contribution in [-0.4, -0.2) is 17.7 Å². The molecule has 2 amide bonds. The van der Waals surface area contributed by atoms with Crippen LogP contribution in [0.15, 0.2) is 42.5 Å². The average Bonchev–Trinajstić information content (AvgIpc) is 2.55. The summed E-state index contributed by atoms with van der Waals surface area (Å²) in [4.78, 5) is 11.8. The van der Waals surface area contributed by atoms with Gasteiger partial charge in [0, 0.05) is 6.54 Å². The van der Waals surface area contributed by atoms with Crippen molar-refractivity contribution in [2.45, 2.75) is 19.1 Å². The number of aliphatic hydroxyl groups is 1. The van der Waals surface area contributed by atoms with Gasteiger partial charge in [0.15, 0.2) is 11.6 Å². The van der Waals surface area contributed by atoms with Gasteiger partial charge >= 0.3 is 6.03 Å². The molecule has 0 fully saturated rings. The van der Waals surface area contributed by atoms with Gasteiger partial charge < -0.3 is 15.7 Å². The first-order chi connectivity index (χ1) is 11.4. The third-order valence-corrected chi connectivity index (χ3v) is 3.48. The second kappa shape index (κ2) is 7.83. The maximum Gasteiger partial charge on any atom is 0.315 e. The van der Waals surface area contributed by atoms with Crippen molar-refractivity contribution < 1.29 is 23.1 Å². The fourth-order valence-corrected chi connectivity index (χ4v) is 2.13. The number of carbonyl (C=O) groups is 1. The molecule has 0 radical (unpaired) electrons. The summed E-state index contributed by atoms with van der Waals surface area (Å²) in [7, 11) is 0. The van der Waals surface area contributed by atoms with E-state index in [9.17, 15) is 23.1 Å². The van der Waals surface area contributed by atoms with Crippen LogP contribution in [0.5, 0.6) is 0 Å². The van der Waals surface area contributed by atoms with E-state index in [0.717, 1.165) is 12.1 Å². The van der Waals surface area contributed by atoms with Crippen molar-refractivity contribution in [1.82, 2.24) is 10.6 Å². The molecule has 2 aromatic rings. The molecule has 2 aromatic carbocycles. The summed E-state index contributed by atoms with van der Waals surface area (Å²) < 4.78 is 39.2. The first-order valence-corrected chi connectivity index (χ1v) is 7.29. The molecule has 24 heavy (non-hydrogen) atoms. The Balaban J connectivity index is 1.87. The van der Waals surface area contributed by atoms with Crippen molar-refractivity contribution in [3.05, 3.63) is 71.0 Å². The van der Waals surface area contributed by atoms with E-state index in [4.69, 9.17) is 0 Å². The quantitative estimate of drug-likeness (QED) is 0.784. The molecule has 0 spiro atoms. The summed E-state index contributed by atoms with van der Waals surface area (Å²) in [6, 6.07) is 7.61. The molecule has 0 saturated carbocycles. The minimum Gasteiger partial charge on any atom is -0.387 e. The Morgan fingerprint density at radius 3 is 2.50 bits per heavy atom. The summed E-state index contributed by atoms with van der Waals surface area (Å²) in [6.45, 7) is 1.48. The number of hydrogen-bond donors (Lipinski definition) is 3. The van der Waals surface area contributed by atoms with Crippen LogP contribution in [-0.2, 0) is 0 Å². The summed E-state index contributed by atoms with van der Waals surface area (Å²) >= 11 is 0. The second-order valence-electron chi connectivity index (χ2n) is 5.32. The number of carbonyl (C=O) groups excluding carboxylic acids is 1. The largest absolute Gasteiger partial charge is 0.387 e. The number of urea groups is 1. The van der Waals surface area contributed by atoms with Crippen molar-refractivity contribution in [1.29, 1.82) is 0 Å². The Morgan fingerprint density at radius 2 is 1.83 bits per heavy atom. The first-order valence-electron chi connectivity index (χ1n) is 7.29. The maximum absolute atomic E-state index is 13.2. The first kappa shape index (κ1) is 17.8. The summed E-state index contributed by atoms with van der Waals surface area (Å²) in [5.41, 5.74) is 0.735. The molecule has 2 atom stereocenters.